The van der Waals surface area contributed by atoms with Gasteiger partial charge in [0, 0.05) is 11.4 Å². The molecule has 0 amide bonds. The number of nitrogen functional groups attached to an aromatic ring is 2. The van der Waals surface area contributed by atoms with Crippen LogP contribution < -0.4 is 11.5 Å². The van der Waals surface area contributed by atoms with Crippen molar-refractivity contribution in [1.82, 2.24) is 0 Å². The fraction of sp³-hybridized carbons (Fsp3) is 0.455. The lowest BCUT2D eigenvalue weighted by atomic mass is 9.93. The van der Waals surface area contributed by atoms with Crippen molar-refractivity contribution in [3.8, 4) is 0 Å². The standard InChI is InChI=1S/C11H18N2/c1-3-8(4-2)9-5-10(12)7-11(13)6-9/h5-8H,3-4,12-13H2,1-2H3. The third-order valence-electron chi connectivity index (χ3n) is 2.46. The van der Waals surface area contributed by atoms with Gasteiger partial charge in [-0.2, -0.15) is 0 Å². The second kappa shape index (κ2) is 4.17. The molecule has 1 rings (SSSR count). The Kier molecular flexibility index (Phi) is 3.18. The third-order valence-corrected chi connectivity index (χ3v) is 2.46. The average molecular weight is 178 g/mol. The molecule has 0 aliphatic heterocycles. The second-order valence-electron chi connectivity index (χ2n) is 3.45. The first kappa shape index (κ1) is 9.90. The van der Waals surface area contributed by atoms with Gasteiger partial charge >= 0.3 is 0 Å². The summed E-state index contributed by atoms with van der Waals surface area (Å²) in [5.74, 6) is 0.589. The number of hydrogen-bond donors (Lipinski definition) is 2. The summed E-state index contributed by atoms with van der Waals surface area (Å²) in [7, 11) is 0. The first-order valence-corrected chi connectivity index (χ1v) is 4.83. The molecule has 2 nitrogen and oxygen atoms in total. The molecule has 0 spiro atoms. The minimum absolute atomic E-state index is 0.589. The minimum Gasteiger partial charge on any atom is -0.399 e. The van der Waals surface area contributed by atoms with E-state index in [1.54, 1.807) is 6.07 Å². The highest BCUT2D eigenvalue weighted by atomic mass is 14.6. The van der Waals surface area contributed by atoms with Crippen LogP contribution in [-0.2, 0) is 0 Å². The van der Waals surface area contributed by atoms with E-state index >= 15 is 0 Å². The molecule has 2 heteroatoms. The van der Waals surface area contributed by atoms with E-state index in [2.05, 4.69) is 13.8 Å². The normalized spacial score (nSPS) is 10.7. The zero-order chi connectivity index (χ0) is 9.84. The van der Waals surface area contributed by atoms with Crippen LogP contribution in [0.25, 0.3) is 0 Å². The van der Waals surface area contributed by atoms with Gasteiger partial charge in [-0.3, -0.25) is 0 Å². The first-order valence-electron chi connectivity index (χ1n) is 4.83. The Bertz CT molecular complexity index is 257. The Morgan fingerprint density at radius 3 is 1.85 bits per heavy atom. The van der Waals surface area contributed by atoms with Crippen LogP contribution in [0.1, 0.15) is 38.2 Å². The molecule has 1 aromatic carbocycles. The Labute approximate surface area is 79.9 Å². The van der Waals surface area contributed by atoms with Crippen LogP contribution in [0.4, 0.5) is 11.4 Å². The largest absolute Gasteiger partial charge is 0.399 e. The number of benzene rings is 1. The number of rotatable bonds is 3. The van der Waals surface area contributed by atoms with Crippen molar-refractivity contribution in [3.05, 3.63) is 23.8 Å². The zero-order valence-electron chi connectivity index (χ0n) is 8.38. The summed E-state index contributed by atoms with van der Waals surface area (Å²) in [6, 6.07) is 5.84. The fourth-order valence-electron chi connectivity index (χ4n) is 1.70. The van der Waals surface area contributed by atoms with Crippen LogP contribution in [0.15, 0.2) is 18.2 Å². The van der Waals surface area contributed by atoms with E-state index < -0.39 is 0 Å². The molecular weight excluding hydrogens is 160 g/mol. The quantitative estimate of drug-likeness (QED) is 0.699. The molecule has 0 aliphatic carbocycles. The van der Waals surface area contributed by atoms with Crippen LogP contribution in [-0.4, -0.2) is 0 Å². The highest BCUT2D eigenvalue weighted by Gasteiger charge is 2.07. The Hall–Kier alpha value is -1.18. The van der Waals surface area contributed by atoms with Crippen LogP contribution in [0.5, 0.6) is 0 Å². The van der Waals surface area contributed by atoms with E-state index in [0.29, 0.717) is 5.92 Å². The number of hydrogen-bond acceptors (Lipinski definition) is 2. The Balaban J connectivity index is 2.99. The van der Waals surface area contributed by atoms with Gasteiger partial charge in [0.2, 0.25) is 0 Å². The predicted molar refractivity (Wildman–Crippen MR) is 58.6 cm³/mol. The molecule has 0 fully saturated rings. The molecule has 72 valence electrons. The lowest BCUT2D eigenvalue weighted by Crippen LogP contribution is -1.99. The van der Waals surface area contributed by atoms with Crippen molar-refractivity contribution >= 4 is 11.4 Å². The van der Waals surface area contributed by atoms with Crippen molar-refractivity contribution < 1.29 is 0 Å². The number of anilines is 2. The van der Waals surface area contributed by atoms with E-state index in [9.17, 15) is 0 Å². The van der Waals surface area contributed by atoms with E-state index in [1.165, 1.54) is 5.56 Å². The fourth-order valence-corrected chi connectivity index (χ4v) is 1.70. The van der Waals surface area contributed by atoms with Gasteiger partial charge in [-0.05, 0) is 42.5 Å². The topological polar surface area (TPSA) is 52.0 Å². The molecule has 0 heterocycles. The van der Waals surface area contributed by atoms with Crippen molar-refractivity contribution in [2.75, 3.05) is 11.5 Å². The first-order chi connectivity index (χ1) is 6.17. The molecule has 1 aromatic rings. The van der Waals surface area contributed by atoms with Gasteiger partial charge in [0.15, 0.2) is 0 Å². The van der Waals surface area contributed by atoms with E-state index in [0.717, 1.165) is 24.2 Å². The maximum atomic E-state index is 5.73. The van der Waals surface area contributed by atoms with Gasteiger partial charge in [0.1, 0.15) is 0 Å². The third kappa shape index (κ3) is 2.38. The molecule has 0 bridgehead atoms. The molecular formula is C11H18N2. The monoisotopic (exact) mass is 178 g/mol. The maximum absolute atomic E-state index is 5.73. The Morgan fingerprint density at radius 2 is 1.46 bits per heavy atom. The molecule has 0 atom stereocenters. The van der Waals surface area contributed by atoms with Crippen molar-refractivity contribution in [2.24, 2.45) is 0 Å². The minimum atomic E-state index is 0.589. The van der Waals surface area contributed by atoms with Crippen LogP contribution in [0.2, 0.25) is 0 Å². The summed E-state index contributed by atoms with van der Waals surface area (Å²) in [5, 5.41) is 0. The van der Waals surface area contributed by atoms with Crippen molar-refractivity contribution in [2.45, 2.75) is 32.6 Å². The number of nitrogens with two attached hydrogens (primary N) is 2. The Morgan fingerprint density at radius 1 is 1.00 bits per heavy atom. The second-order valence-corrected chi connectivity index (χ2v) is 3.45. The molecule has 0 aliphatic rings. The molecule has 0 saturated carbocycles. The summed E-state index contributed by atoms with van der Waals surface area (Å²) < 4.78 is 0. The van der Waals surface area contributed by atoms with Gasteiger partial charge in [-0.25, -0.2) is 0 Å². The smallest absolute Gasteiger partial charge is 0.0337 e. The molecule has 13 heavy (non-hydrogen) atoms. The van der Waals surface area contributed by atoms with Gasteiger partial charge in [0.25, 0.3) is 0 Å². The van der Waals surface area contributed by atoms with Crippen LogP contribution in [0.3, 0.4) is 0 Å². The SMILES string of the molecule is CCC(CC)c1cc(N)cc(N)c1. The highest BCUT2D eigenvalue weighted by Crippen LogP contribution is 2.26. The van der Waals surface area contributed by atoms with Gasteiger partial charge in [-0.1, -0.05) is 13.8 Å². The van der Waals surface area contributed by atoms with Crippen LogP contribution in [0, 0.1) is 0 Å². The van der Waals surface area contributed by atoms with E-state index in [4.69, 9.17) is 11.5 Å². The zero-order valence-corrected chi connectivity index (χ0v) is 8.38. The summed E-state index contributed by atoms with van der Waals surface area (Å²) >= 11 is 0. The van der Waals surface area contributed by atoms with Crippen molar-refractivity contribution in [3.63, 3.8) is 0 Å². The summed E-state index contributed by atoms with van der Waals surface area (Å²) in [5.41, 5.74) is 14.3. The summed E-state index contributed by atoms with van der Waals surface area (Å²) in [4.78, 5) is 0. The predicted octanol–water partition coefficient (Wildman–Crippen LogP) is 2.75. The average Bonchev–Trinajstić information content (AvgIpc) is 2.04. The van der Waals surface area contributed by atoms with Gasteiger partial charge in [-0.15, -0.1) is 0 Å². The van der Waals surface area contributed by atoms with Gasteiger partial charge < -0.3 is 11.5 Å². The van der Waals surface area contributed by atoms with E-state index in [1.807, 2.05) is 12.1 Å². The van der Waals surface area contributed by atoms with E-state index in [-0.39, 0.29) is 0 Å². The van der Waals surface area contributed by atoms with Crippen molar-refractivity contribution in [1.29, 1.82) is 0 Å². The summed E-state index contributed by atoms with van der Waals surface area (Å²) in [6.07, 6.45) is 2.28. The lowest BCUT2D eigenvalue weighted by Gasteiger charge is -2.13. The molecule has 4 N–H and O–H groups in total. The van der Waals surface area contributed by atoms with Crippen LogP contribution >= 0.6 is 0 Å². The molecule has 0 saturated heterocycles. The molecule has 0 aromatic heterocycles. The maximum Gasteiger partial charge on any atom is 0.0337 e. The molecule has 0 radical (unpaired) electrons. The highest BCUT2D eigenvalue weighted by molar-refractivity contribution is 5.55. The van der Waals surface area contributed by atoms with Gasteiger partial charge in [0.05, 0.1) is 0 Å². The summed E-state index contributed by atoms with van der Waals surface area (Å²) in [6.45, 7) is 4.38. The molecule has 0 unspecified atom stereocenters. The lowest BCUT2D eigenvalue weighted by molar-refractivity contribution is 0.642.